The van der Waals surface area contributed by atoms with Gasteiger partial charge in [-0.05, 0) is 49.5 Å². The van der Waals surface area contributed by atoms with Crippen LogP contribution in [0.2, 0.25) is 0 Å². The molecule has 0 amide bonds. The Bertz CT molecular complexity index is 833. The summed E-state index contributed by atoms with van der Waals surface area (Å²) in [5.74, 6) is 0. The first-order valence-electron chi connectivity index (χ1n) is 9.06. The molecule has 0 aliphatic carbocycles. The summed E-state index contributed by atoms with van der Waals surface area (Å²) in [6.07, 6.45) is 5.20. The van der Waals surface area contributed by atoms with Crippen LogP contribution in [0, 0.1) is 0 Å². The minimum Gasteiger partial charge on any atom is -0.378 e. The van der Waals surface area contributed by atoms with Gasteiger partial charge in [0, 0.05) is 13.1 Å². The SMILES string of the molecule is CCc1cc(NCc2ccc(CN3CCCC3)cc2)c2nncn2n1. The molecule has 1 saturated heterocycles. The van der Waals surface area contributed by atoms with Gasteiger partial charge in [-0.2, -0.15) is 9.61 Å². The summed E-state index contributed by atoms with van der Waals surface area (Å²) in [5.41, 5.74) is 5.42. The number of likely N-dealkylation sites (tertiary alicyclic amines) is 1. The molecule has 1 aromatic carbocycles. The van der Waals surface area contributed by atoms with E-state index >= 15 is 0 Å². The molecule has 1 fully saturated rings. The highest BCUT2D eigenvalue weighted by atomic mass is 15.3. The molecular weight excluding hydrogens is 312 g/mol. The molecule has 0 unspecified atom stereocenters. The van der Waals surface area contributed by atoms with Crippen molar-refractivity contribution in [1.29, 1.82) is 0 Å². The fraction of sp³-hybridized carbons (Fsp3) is 0.421. The summed E-state index contributed by atoms with van der Waals surface area (Å²) in [5, 5.41) is 16.1. The van der Waals surface area contributed by atoms with Crippen LogP contribution in [0.1, 0.15) is 36.6 Å². The largest absolute Gasteiger partial charge is 0.378 e. The fourth-order valence-corrected chi connectivity index (χ4v) is 3.34. The normalized spacial score (nSPS) is 15.1. The zero-order chi connectivity index (χ0) is 17.1. The van der Waals surface area contributed by atoms with Crippen LogP contribution in [0.5, 0.6) is 0 Å². The molecule has 1 N–H and O–H groups in total. The summed E-state index contributed by atoms with van der Waals surface area (Å²) >= 11 is 0. The van der Waals surface area contributed by atoms with Gasteiger partial charge in [0.2, 0.25) is 5.65 Å². The van der Waals surface area contributed by atoms with Crippen molar-refractivity contribution in [3.05, 3.63) is 53.5 Å². The van der Waals surface area contributed by atoms with Gasteiger partial charge in [0.05, 0.1) is 11.4 Å². The number of nitrogens with zero attached hydrogens (tertiary/aromatic N) is 5. The van der Waals surface area contributed by atoms with E-state index in [1.165, 1.54) is 37.1 Å². The summed E-state index contributed by atoms with van der Waals surface area (Å²) < 4.78 is 1.74. The van der Waals surface area contributed by atoms with Crippen LogP contribution in [-0.4, -0.2) is 37.8 Å². The summed E-state index contributed by atoms with van der Waals surface area (Å²) in [6, 6.07) is 11.0. The smallest absolute Gasteiger partial charge is 0.200 e. The number of hydrogen-bond donors (Lipinski definition) is 1. The maximum absolute atomic E-state index is 4.48. The van der Waals surface area contributed by atoms with Crippen LogP contribution in [0.15, 0.2) is 36.7 Å². The third-order valence-electron chi connectivity index (χ3n) is 4.79. The lowest BCUT2D eigenvalue weighted by Crippen LogP contribution is -2.18. The zero-order valence-corrected chi connectivity index (χ0v) is 14.6. The van der Waals surface area contributed by atoms with Crippen LogP contribution < -0.4 is 5.32 Å². The quantitative estimate of drug-likeness (QED) is 0.750. The van der Waals surface area contributed by atoms with E-state index < -0.39 is 0 Å². The van der Waals surface area contributed by atoms with Crippen molar-refractivity contribution in [2.24, 2.45) is 0 Å². The van der Waals surface area contributed by atoms with E-state index in [2.05, 4.69) is 62.8 Å². The number of anilines is 1. The van der Waals surface area contributed by atoms with Gasteiger partial charge >= 0.3 is 0 Å². The lowest BCUT2D eigenvalue weighted by atomic mass is 10.1. The third-order valence-corrected chi connectivity index (χ3v) is 4.79. The van der Waals surface area contributed by atoms with Crippen LogP contribution in [0.25, 0.3) is 5.65 Å². The van der Waals surface area contributed by atoms with E-state index in [0.717, 1.165) is 36.5 Å². The van der Waals surface area contributed by atoms with Crippen molar-refractivity contribution < 1.29 is 0 Å². The first-order chi connectivity index (χ1) is 12.3. The van der Waals surface area contributed by atoms with Crippen molar-refractivity contribution >= 4 is 11.3 Å². The molecule has 3 heterocycles. The van der Waals surface area contributed by atoms with Crippen LogP contribution in [-0.2, 0) is 19.5 Å². The minimum atomic E-state index is 0.764. The van der Waals surface area contributed by atoms with Gasteiger partial charge in [0.15, 0.2) is 0 Å². The molecule has 1 aliphatic rings. The standard InChI is InChI=1S/C19H24N6/c1-2-17-11-18(19-22-21-14-25(19)23-17)20-12-15-5-7-16(8-6-15)13-24-9-3-4-10-24/h5-8,11,14,20H,2-4,9-10,12-13H2,1H3. The average molecular weight is 336 g/mol. The Labute approximate surface area is 147 Å². The van der Waals surface area contributed by atoms with Crippen molar-refractivity contribution in [2.45, 2.75) is 39.3 Å². The Morgan fingerprint density at radius 2 is 1.84 bits per heavy atom. The monoisotopic (exact) mass is 336 g/mol. The summed E-state index contributed by atoms with van der Waals surface area (Å²) in [7, 11) is 0. The molecule has 6 heteroatoms. The van der Waals surface area contributed by atoms with Gasteiger partial charge in [-0.3, -0.25) is 4.90 Å². The van der Waals surface area contributed by atoms with Crippen LogP contribution in [0.3, 0.4) is 0 Å². The van der Waals surface area contributed by atoms with E-state index in [9.17, 15) is 0 Å². The Morgan fingerprint density at radius 3 is 2.60 bits per heavy atom. The van der Waals surface area contributed by atoms with E-state index in [-0.39, 0.29) is 0 Å². The first-order valence-corrected chi connectivity index (χ1v) is 9.06. The van der Waals surface area contributed by atoms with Crippen LogP contribution >= 0.6 is 0 Å². The van der Waals surface area contributed by atoms with Crippen molar-refractivity contribution in [3.63, 3.8) is 0 Å². The average Bonchev–Trinajstić information content (AvgIpc) is 3.32. The van der Waals surface area contributed by atoms with Gasteiger partial charge in [-0.1, -0.05) is 31.2 Å². The minimum absolute atomic E-state index is 0.764. The Morgan fingerprint density at radius 1 is 1.08 bits per heavy atom. The predicted octanol–water partition coefficient (Wildman–Crippen LogP) is 2.89. The highest BCUT2D eigenvalue weighted by molar-refractivity contribution is 5.66. The molecule has 0 saturated carbocycles. The first kappa shape index (κ1) is 16.0. The number of rotatable bonds is 6. The van der Waals surface area contributed by atoms with Crippen molar-refractivity contribution in [2.75, 3.05) is 18.4 Å². The van der Waals surface area contributed by atoms with Gasteiger partial charge in [0.25, 0.3) is 0 Å². The molecule has 4 rings (SSSR count). The van der Waals surface area contributed by atoms with Gasteiger partial charge in [0.1, 0.15) is 6.33 Å². The second kappa shape index (κ2) is 7.19. The van der Waals surface area contributed by atoms with E-state index in [4.69, 9.17) is 0 Å². The maximum Gasteiger partial charge on any atom is 0.200 e. The molecule has 6 nitrogen and oxygen atoms in total. The molecule has 0 spiro atoms. The number of nitrogens with one attached hydrogen (secondary N) is 1. The number of aromatic nitrogens is 4. The Balaban J connectivity index is 1.43. The lowest BCUT2D eigenvalue weighted by Gasteiger charge is -2.15. The van der Waals surface area contributed by atoms with E-state index in [0.29, 0.717) is 0 Å². The second-order valence-corrected chi connectivity index (χ2v) is 6.66. The summed E-state index contributed by atoms with van der Waals surface area (Å²) in [6.45, 7) is 6.40. The number of hydrogen-bond acceptors (Lipinski definition) is 5. The van der Waals surface area contributed by atoms with E-state index in [1.54, 1.807) is 10.8 Å². The molecule has 25 heavy (non-hydrogen) atoms. The Hall–Kier alpha value is -2.47. The third kappa shape index (κ3) is 3.64. The predicted molar refractivity (Wildman–Crippen MR) is 98.4 cm³/mol. The molecule has 130 valence electrons. The van der Waals surface area contributed by atoms with Crippen LogP contribution in [0.4, 0.5) is 5.69 Å². The van der Waals surface area contributed by atoms with Gasteiger partial charge in [-0.15, -0.1) is 10.2 Å². The maximum atomic E-state index is 4.48. The molecule has 1 aliphatic heterocycles. The number of aryl methyl sites for hydroxylation is 1. The van der Waals surface area contributed by atoms with Gasteiger partial charge < -0.3 is 5.32 Å². The second-order valence-electron chi connectivity index (χ2n) is 6.66. The molecule has 3 aromatic rings. The summed E-state index contributed by atoms with van der Waals surface area (Å²) in [4.78, 5) is 2.53. The molecule has 2 aromatic heterocycles. The topological polar surface area (TPSA) is 58.3 Å². The number of fused-ring (bicyclic) bond motifs is 1. The number of benzene rings is 1. The fourth-order valence-electron chi connectivity index (χ4n) is 3.34. The molecular formula is C19H24N6. The molecule has 0 atom stereocenters. The Kier molecular flexibility index (Phi) is 4.61. The van der Waals surface area contributed by atoms with Crippen molar-refractivity contribution in [3.8, 4) is 0 Å². The zero-order valence-electron chi connectivity index (χ0n) is 14.6. The highest BCUT2D eigenvalue weighted by Gasteiger charge is 2.11. The van der Waals surface area contributed by atoms with Crippen molar-refractivity contribution in [1.82, 2.24) is 24.7 Å². The molecule has 0 radical (unpaired) electrons. The highest BCUT2D eigenvalue weighted by Crippen LogP contribution is 2.17. The molecule has 0 bridgehead atoms. The van der Waals surface area contributed by atoms with E-state index in [1.807, 2.05) is 0 Å². The van der Waals surface area contributed by atoms with Gasteiger partial charge in [-0.25, -0.2) is 0 Å². The lowest BCUT2D eigenvalue weighted by molar-refractivity contribution is 0.331.